The quantitative estimate of drug-likeness (QED) is 0.538. The Bertz CT molecular complexity index is 410. The van der Waals surface area contributed by atoms with Crippen LogP contribution in [0.3, 0.4) is 0 Å². The van der Waals surface area contributed by atoms with Crippen LogP contribution in [-0.2, 0) is 0 Å². The minimum Gasteiger partial charge on any atom is -0.464 e. The molecule has 0 fully saturated rings. The molecule has 1 heterocycles. The highest BCUT2D eigenvalue weighted by Gasteiger charge is 2.22. The smallest absolute Gasteiger partial charge is 0.324 e. The summed E-state index contributed by atoms with van der Waals surface area (Å²) in [6.07, 6.45) is 0. The normalized spacial score (nSPS) is 11.5. The van der Waals surface area contributed by atoms with Gasteiger partial charge in [0.25, 0.3) is 0 Å². The molecule has 0 aliphatic heterocycles. The first-order valence-corrected chi connectivity index (χ1v) is 6.04. The summed E-state index contributed by atoms with van der Waals surface area (Å²) in [5.74, 6) is 5.50. The lowest BCUT2D eigenvalue weighted by Crippen LogP contribution is -2.43. The first-order valence-electron chi connectivity index (χ1n) is 6.04. The molecule has 0 spiro atoms. The van der Waals surface area contributed by atoms with Gasteiger partial charge in [0.1, 0.15) is 6.61 Å². The minimum atomic E-state index is -0.144. The van der Waals surface area contributed by atoms with Gasteiger partial charge in [0.15, 0.2) is 0 Å². The van der Waals surface area contributed by atoms with Crippen molar-refractivity contribution in [2.45, 2.75) is 26.3 Å². The molecule has 8 nitrogen and oxygen atoms in total. The van der Waals surface area contributed by atoms with Crippen LogP contribution in [0.2, 0.25) is 0 Å². The Morgan fingerprint density at radius 1 is 1.16 bits per heavy atom. The van der Waals surface area contributed by atoms with Gasteiger partial charge in [-0.15, -0.1) is 4.98 Å². The van der Waals surface area contributed by atoms with Gasteiger partial charge in [-0.05, 0) is 34.9 Å². The Morgan fingerprint density at radius 2 is 1.74 bits per heavy atom. The summed E-state index contributed by atoms with van der Waals surface area (Å²) in [4.78, 5) is 14.1. The van der Waals surface area contributed by atoms with Crippen molar-refractivity contribution in [3.05, 3.63) is 0 Å². The molecule has 3 N–H and O–H groups in total. The SMILES string of the molecule is CCOc1nc(NN)nc(OCC(C)(C)N(C)C)n1. The summed E-state index contributed by atoms with van der Waals surface area (Å²) in [5.41, 5.74) is 2.21. The third-order valence-corrected chi connectivity index (χ3v) is 2.76. The monoisotopic (exact) mass is 270 g/mol. The van der Waals surface area contributed by atoms with Gasteiger partial charge in [-0.25, -0.2) is 5.84 Å². The maximum atomic E-state index is 5.58. The zero-order valence-electron chi connectivity index (χ0n) is 12.1. The van der Waals surface area contributed by atoms with E-state index in [0.717, 1.165) is 0 Å². The second kappa shape index (κ2) is 6.48. The number of ether oxygens (including phenoxy) is 2. The van der Waals surface area contributed by atoms with E-state index >= 15 is 0 Å². The number of aromatic nitrogens is 3. The molecule has 1 rings (SSSR count). The van der Waals surface area contributed by atoms with Crippen LogP contribution in [0.15, 0.2) is 0 Å². The minimum absolute atomic E-state index is 0.144. The summed E-state index contributed by atoms with van der Waals surface area (Å²) < 4.78 is 10.8. The van der Waals surface area contributed by atoms with E-state index in [2.05, 4.69) is 39.1 Å². The Balaban J connectivity index is 2.80. The number of hydrogen-bond acceptors (Lipinski definition) is 8. The number of nitrogens with zero attached hydrogens (tertiary/aromatic N) is 4. The van der Waals surface area contributed by atoms with Gasteiger partial charge in [-0.2, -0.15) is 9.97 Å². The van der Waals surface area contributed by atoms with Crippen molar-refractivity contribution in [2.24, 2.45) is 5.84 Å². The molecule has 1 aromatic rings. The van der Waals surface area contributed by atoms with Gasteiger partial charge in [0, 0.05) is 5.54 Å². The molecular formula is C11H22N6O2. The number of rotatable bonds is 7. The topological polar surface area (TPSA) is 98.4 Å². The van der Waals surface area contributed by atoms with Crippen molar-refractivity contribution in [1.82, 2.24) is 19.9 Å². The van der Waals surface area contributed by atoms with E-state index in [4.69, 9.17) is 15.3 Å². The Morgan fingerprint density at radius 3 is 2.21 bits per heavy atom. The second-order valence-electron chi connectivity index (χ2n) is 4.80. The molecular weight excluding hydrogens is 248 g/mol. The molecule has 0 saturated carbocycles. The van der Waals surface area contributed by atoms with E-state index in [9.17, 15) is 0 Å². The fourth-order valence-electron chi connectivity index (χ4n) is 1.03. The molecule has 0 atom stereocenters. The largest absolute Gasteiger partial charge is 0.464 e. The number of nitrogen functional groups attached to an aromatic ring is 1. The molecule has 0 amide bonds. The highest BCUT2D eigenvalue weighted by molar-refractivity contribution is 5.25. The molecule has 0 aliphatic rings. The number of nitrogens with one attached hydrogen (secondary N) is 1. The fourth-order valence-corrected chi connectivity index (χ4v) is 1.03. The van der Waals surface area contributed by atoms with Crippen LogP contribution in [0.1, 0.15) is 20.8 Å². The molecule has 0 radical (unpaired) electrons. The van der Waals surface area contributed by atoms with E-state index in [1.54, 1.807) is 0 Å². The predicted molar refractivity (Wildman–Crippen MR) is 72.1 cm³/mol. The van der Waals surface area contributed by atoms with Crippen LogP contribution < -0.4 is 20.7 Å². The van der Waals surface area contributed by atoms with Gasteiger partial charge in [-0.3, -0.25) is 5.43 Å². The van der Waals surface area contributed by atoms with Crippen LogP contribution in [0.25, 0.3) is 0 Å². The van der Waals surface area contributed by atoms with E-state index in [-0.39, 0.29) is 23.5 Å². The van der Waals surface area contributed by atoms with Crippen molar-refractivity contribution in [2.75, 3.05) is 32.7 Å². The van der Waals surface area contributed by atoms with Crippen LogP contribution in [0.4, 0.5) is 5.95 Å². The Kier molecular flexibility index (Phi) is 5.25. The van der Waals surface area contributed by atoms with Gasteiger partial charge in [0.2, 0.25) is 5.95 Å². The average molecular weight is 270 g/mol. The molecule has 0 saturated heterocycles. The maximum absolute atomic E-state index is 5.58. The number of hydrazine groups is 1. The van der Waals surface area contributed by atoms with E-state index in [1.807, 2.05) is 21.0 Å². The van der Waals surface area contributed by atoms with Crippen LogP contribution in [-0.4, -0.2) is 52.7 Å². The molecule has 8 heteroatoms. The molecule has 19 heavy (non-hydrogen) atoms. The van der Waals surface area contributed by atoms with Gasteiger partial charge < -0.3 is 14.4 Å². The summed E-state index contributed by atoms with van der Waals surface area (Å²) in [5, 5.41) is 0. The summed E-state index contributed by atoms with van der Waals surface area (Å²) in [6, 6.07) is 0.365. The molecule has 0 bridgehead atoms. The van der Waals surface area contributed by atoms with E-state index in [0.29, 0.717) is 13.2 Å². The second-order valence-corrected chi connectivity index (χ2v) is 4.80. The van der Waals surface area contributed by atoms with Crippen LogP contribution >= 0.6 is 0 Å². The number of hydrogen-bond donors (Lipinski definition) is 2. The lowest BCUT2D eigenvalue weighted by atomic mass is 10.1. The Labute approximate surface area is 113 Å². The van der Waals surface area contributed by atoms with Crippen molar-refractivity contribution >= 4 is 5.95 Å². The van der Waals surface area contributed by atoms with Crippen LogP contribution in [0, 0.1) is 0 Å². The zero-order valence-corrected chi connectivity index (χ0v) is 12.1. The predicted octanol–water partition coefficient (Wildman–Crippen LogP) is 0.275. The Hall–Kier alpha value is -1.67. The molecule has 0 aromatic carbocycles. The molecule has 0 unspecified atom stereocenters. The average Bonchev–Trinajstić information content (AvgIpc) is 2.36. The van der Waals surface area contributed by atoms with Crippen molar-refractivity contribution in [1.29, 1.82) is 0 Å². The first-order chi connectivity index (χ1) is 8.89. The molecule has 0 aliphatic carbocycles. The number of nitrogens with two attached hydrogens (primary N) is 1. The number of anilines is 1. The first kappa shape index (κ1) is 15.4. The van der Waals surface area contributed by atoms with Gasteiger partial charge >= 0.3 is 12.0 Å². The highest BCUT2D eigenvalue weighted by Crippen LogP contribution is 2.15. The fraction of sp³-hybridized carbons (Fsp3) is 0.727. The van der Waals surface area contributed by atoms with Crippen molar-refractivity contribution in [3.8, 4) is 12.0 Å². The van der Waals surface area contributed by atoms with Gasteiger partial charge in [0.05, 0.1) is 6.61 Å². The van der Waals surface area contributed by atoms with Crippen LogP contribution in [0.5, 0.6) is 12.0 Å². The third kappa shape index (κ3) is 4.49. The maximum Gasteiger partial charge on any atom is 0.324 e. The lowest BCUT2D eigenvalue weighted by Gasteiger charge is -2.31. The third-order valence-electron chi connectivity index (χ3n) is 2.76. The zero-order chi connectivity index (χ0) is 14.5. The molecule has 108 valence electrons. The van der Waals surface area contributed by atoms with E-state index < -0.39 is 0 Å². The highest BCUT2D eigenvalue weighted by atomic mass is 16.5. The number of likely N-dealkylation sites (N-methyl/N-ethyl adjacent to an activating group) is 1. The van der Waals surface area contributed by atoms with Crippen molar-refractivity contribution < 1.29 is 9.47 Å². The van der Waals surface area contributed by atoms with E-state index in [1.165, 1.54) is 0 Å². The van der Waals surface area contributed by atoms with Crippen molar-refractivity contribution in [3.63, 3.8) is 0 Å². The van der Waals surface area contributed by atoms with Gasteiger partial charge in [-0.1, -0.05) is 0 Å². The lowest BCUT2D eigenvalue weighted by molar-refractivity contribution is 0.107. The summed E-state index contributed by atoms with van der Waals surface area (Å²) in [6.45, 7) is 6.84. The standard InChI is InChI=1S/C11H22N6O2/c1-6-18-9-13-8(16-12)14-10(15-9)19-7-11(2,3)17(4)5/h6-7,12H2,1-5H3,(H,13,14,15,16). The summed E-state index contributed by atoms with van der Waals surface area (Å²) >= 11 is 0. The summed E-state index contributed by atoms with van der Waals surface area (Å²) in [7, 11) is 3.96. The molecule has 1 aromatic heterocycles.